The van der Waals surface area contributed by atoms with E-state index >= 15 is 0 Å². The fourth-order valence-corrected chi connectivity index (χ4v) is 3.90. The number of carbonyl (C=O) groups excluding carboxylic acids is 1. The molecule has 2 aromatic carbocycles. The quantitative estimate of drug-likeness (QED) is 0.770. The van der Waals surface area contributed by atoms with Crippen LogP contribution in [0.3, 0.4) is 0 Å². The average Bonchev–Trinajstić information content (AvgIpc) is 3.06. The van der Waals surface area contributed by atoms with Gasteiger partial charge in [-0.15, -0.1) is 4.40 Å². The van der Waals surface area contributed by atoms with Crippen LogP contribution in [-0.4, -0.2) is 45.3 Å². The van der Waals surface area contributed by atoms with Gasteiger partial charge in [-0.05, 0) is 55.0 Å². The van der Waals surface area contributed by atoms with Crippen LogP contribution >= 0.6 is 0 Å². The molecule has 0 spiro atoms. The lowest BCUT2D eigenvalue weighted by Gasteiger charge is -2.11. The van der Waals surface area contributed by atoms with Crippen molar-refractivity contribution in [1.29, 1.82) is 0 Å². The van der Waals surface area contributed by atoms with Crippen molar-refractivity contribution in [3.63, 3.8) is 0 Å². The number of halogens is 2. The van der Waals surface area contributed by atoms with Crippen molar-refractivity contribution in [3.8, 4) is 5.75 Å². The summed E-state index contributed by atoms with van der Waals surface area (Å²) >= 11 is 0. The summed E-state index contributed by atoms with van der Waals surface area (Å²) in [6.45, 7) is -2.17. The predicted octanol–water partition coefficient (Wildman–Crippen LogP) is 3.35. The van der Waals surface area contributed by atoms with E-state index in [0.29, 0.717) is 17.9 Å². The number of likely N-dealkylation sites (tertiary alicyclic amines) is 1. The largest absolute Gasteiger partial charge is 0.435 e. The Morgan fingerprint density at radius 1 is 1.14 bits per heavy atom. The predicted molar refractivity (Wildman–Crippen MR) is 104 cm³/mol. The summed E-state index contributed by atoms with van der Waals surface area (Å²) in [6, 6.07) is 10.9. The van der Waals surface area contributed by atoms with Gasteiger partial charge in [0, 0.05) is 31.3 Å². The first-order chi connectivity index (χ1) is 13.7. The number of carbonyl (C=O) groups is 1. The maximum Gasteiger partial charge on any atom is 0.387 e. The number of nitrogens with one attached hydrogen (secondary N) is 1. The van der Waals surface area contributed by atoms with Crippen LogP contribution in [0, 0.1) is 0 Å². The van der Waals surface area contributed by atoms with E-state index in [1.165, 1.54) is 48.5 Å². The number of sulfonamides is 1. The topological polar surface area (TPSA) is 88.1 Å². The molecule has 0 atom stereocenters. The lowest BCUT2D eigenvalue weighted by Crippen LogP contribution is -2.20. The molecule has 0 aliphatic carbocycles. The zero-order chi connectivity index (χ0) is 21.0. The van der Waals surface area contributed by atoms with E-state index in [4.69, 9.17) is 0 Å². The second-order valence-corrected chi connectivity index (χ2v) is 7.99. The summed E-state index contributed by atoms with van der Waals surface area (Å²) in [6.07, 6.45) is 1.48. The van der Waals surface area contributed by atoms with Crippen LogP contribution in [0.5, 0.6) is 5.75 Å². The van der Waals surface area contributed by atoms with Gasteiger partial charge >= 0.3 is 6.61 Å². The summed E-state index contributed by atoms with van der Waals surface area (Å²) in [4.78, 5) is 14.1. The lowest BCUT2D eigenvalue weighted by atomic mass is 10.2. The van der Waals surface area contributed by atoms with Crippen molar-refractivity contribution in [3.05, 3.63) is 54.1 Å². The monoisotopic (exact) mass is 423 g/mol. The molecule has 10 heteroatoms. The molecule has 1 aliphatic heterocycles. The van der Waals surface area contributed by atoms with Crippen LogP contribution in [0.15, 0.2) is 57.8 Å². The summed E-state index contributed by atoms with van der Waals surface area (Å²) in [5.41, 5.74) is 0.617. The molecule has 7 nitrogen and oxygen atoms in total. The molecule has 1 aliphatic rings. The first-order valence-corrected chi connectivity index (χ1v) is 10.2. The minimum atomic E-state index is -3.83. The van der Waals surface area contributed by atoms with Crippen molar-refractivity contribution in [2.75, 3.05) is 18.9 Å². The first-order valence-electron chi connectivity index (χ1n) is 8.76. The van der Waals surface area contributed by atoms with Gasteiger partial charge in [-0.25, -0.2) is 0 Å². The fraction of sp³-hybridized carbons (Fsp3) is 0.263. The highest BCUT2D eigenvalue weighted by Gasteiger charge is 2.20. The normalized spacial score (nSPS) is 15.7. The third-order valence-electron chi connectivity index (χ3n) is 4.31. The number of nitrogens with zero attached hydrogens (tertiary/aromatic N) is 2. The van der Waals surface area contributed by atoms with Gasteiger partial charge in [0.05, 0.1) is 4.90 Å². The molecule has 1 heterocycles. The van der Waals surface area contributed by atoms with Crippen molar-refractivity contribution in [2.24, 2.45) is 4.40 Å². The maximum absolute atomic E-state index is 12.4. The third-order valence-corrected chi connectivity index (χ3v) is 5.63. The Balaban J connectivity index is 1.68. The highest BCUT2D eigenvalue weighted by Crippen LogP contribution is 2.20. The Hall–Kier alpha value is -3.01. The molecule has 1 amide bonds. The molecule has 1 saturated heterocycles. The lowest BCUT2D eigenvalue weighted by molar-refractivity contribution is -0.0498. The van der Waals surface area contributed by atoms with Crippen LogP contribution < -0.4 is 10.1 Å². The van der Waals surface area contributed by atoms with Gasteiger partial charge in [-0.2, -0.15) is 17.2 Å². The number of amides is 1. The van der Waals surface area contributed by atoms with Gasteiger partial charge in [0.15, 0.2) is 0 Å². The molecule has 2 aromatic rings. The van der Waals surface area contributed by atoms with E-state index in [-0.39, 0.29) is 16.2 Å². The van der Waals surface area contributed by atoms with E-state index in [2.05, 4.69) is 14.5 Å². The molecule has 0 saturated carbocycles. The Bertz CT molecular complexity index is 1010. The summed E-state index contributed by atoms with van der Waals surface area (Å²) in [5, 5.41) is 2.61. The Morgan fingerprint density at radius 2 is 1.79 bits per heavy atom. The number of alkyl halides is 2. The molecule has 154 valence electrons. The molecule has 0 radical (unpaired) electrons. The number of amidine groups is 1. The number of anilines is 1. The molecule has 0 bridgehead atoms. The second-order valence-electron chi connectivity index (χ2n) is 6.39. The Morgan fingerprint density at radius 3 is 2.34 bits per heavy atom. The SMILES string of the molecule is CN1CCC/C1=N/S(=O)(=O)c1ccc(NC(=O)c2ccc(OC(F)F)cc2)cc1. The zero-order valence-electron chi connectivity index (χ0n) is 15.5. The van der Waals surface area contributed by atoms with Gasteiger partial charge in [0.2, 0.25) is 0 Å². The van der Waals surface area contributed by atoms with E-state index in [9.17, 15) is 22.0 Å². The molecule has 0 unspecified atom stereocenters. The van der Waals surface area contributed by atoms with Crippen molar-refractivity contribution in [1.82, 2.24) is 4.90 Å². The van der Waals surface area contributed by atoms with Gasteiger partial charge in [0.25, 0.3) is 15.9 Å². The minimum absolute atomic E-state index is 0.0248. The summed E-state index contributed by atoms with van der Waals surface area (Å²) < 4.78 is 57.3. The van der Waals surface area contributed by atoms with Gasteiger partial charge in [-0.3, -0.25) is 4.79 Å². The summed E-state index contributed by atoms with van der Waals surface area (Å²) in [7, 11) is -2.03. The van der Waals surface area contributed by atoms with E-state index in [0.717, 1.165) is 13.0 Å². The Labute approximate surface area is 167 Å². The van der Waals surface area contributed by atoms with E-state index in [1.54, 1.807) is 7.05 Å². The van der Waals surface area contributed by atoms with Crippen LogP contribution in [0.4, 0.5) is 14.5 Å². The molecule has 29 heavy (non-hydrogen) atoms. The van der Waals surface area contributed by atoms with Crippen LogP contribution in [0.2, 0.25) is 0 Å². The standard InChI is InChI=1S/C19H19F2N3O4S/c1-24-12-2-3-17(24)23-29(26,27)16-10-6-14(7-11-16)22-18(25)13-4-8-15(9-5-13)28-19(20)21/h4-11,19H,2-3,12H2,1H3,(H,22,25)/b23-17-. The number of benzene rings is 2. The Kier molecular flexibility index (Phi) is 6.12. The number of rotatable bonds is 6. The first kappa shape index (κ1) is 20.7. The van der Waals surface area contributed by atoms with Gasteiger partial charge < -0.3 is 15.0 Å². The minimum Gasteiger partial charge on any atom is -0.435 e. The molecule has 1 fully saturated rings. The number of hydrogen-bond acceptors (Lipinski definition) is 4. The molecular formula is C19H19F2N3O4S. The third kappa shape index (κ3) is 5.29. The van der Waals surface area contributed by atoms with E-state index in [1.807, 2.05) is 4.90 Å². The zero-order valence-corrected chi connectivity index (χ0v) is 16.3. The smallest absolute Gasteiger partial charge is 0.387 e. The maximum atomic E-state index is 12.4. The van der Waals surface area contributed by atoms with Gasteiger partial charge in [0.1, 0.15) is 11.6 Å². The van der Waals surface area contributed by atoms with Crippen molar-refractivity contribution < 1.29 is 26.7 Å². The molecule has 1 N–H and O–H groups in total. The van der Waals surface area contributed by atoms with Crippen LogP contribution in [0.1, 0.15) is 23.2 Å². The van der Waals surface area contributed by atoms with Crippen molar-refractivity contribution in [2.45, 2.75) is 24.3 Å². The van der Waals surface area contributed by atoms with Crippen LogP contribution in [-0.2, 0) is 10.0 Å². The average molecular weight is 423 g/mol. The number of ether oxygens (including phenoxy) is 1. The van der Waals surface area contributed by atoms with E-state index < -0.39 is 22.5 Å². The van der Waals surface area contributed by atoms with Crippen LogP contribution in [0.25, 0.3) is 0 Å². The molecule has 3 rings (SSSR count). The summed E-state index contributed by atoms with van der Waals surface area (Å²) in [5.74, 6) is -0.000637. The van der Waals surface area contributed by atoms with Gasteiger partial charge in [-0.1, -0.05) is 0 Å². The highest BCUT2D eigenvalue weighted by molar-refractivity contribution is 7.90. The molecule has 0 aromatic heterocycles. The van der Waals surface area contributed by atoms with Crippen molar-refractivity contribution >= 4 is 27.5 Å². The second kappa shape index (κ2) is 8.56. The fourth-order valence-electron chi connectivity index (χ4n) is 2.80. The number of hydrogen-bond donors (Lipinski definition) is 1. The highest BCUT2D eigenvalue weighted by atomic mass is 32.2. The molecular weight excluding hydrogens is 404 g/mol.